The topological polar surface area (TPSA) is 210 Å². The first-order valence-corrected chi connectivity index (χ1v) is 22.7. The minimum absolute atomic E-state index is 0.0272. The van der Waals surface area contributed by atoms with Crippen molar-refractivity contribution in [2.24, 2.45) is 0 Å². The van der Waals surface area contributed by atoms with Gasteiger partial charge in [-0.15, -0.1) is 0 Å². The zero-order valence-electron chi connectivity index (χ0n) is 35.7. The summed E-state index contributed by atoms with van der Waals surface area (Å²) in [4.78, 5) is 35.0. The van der Waals surface area contributed by atoms with E-state index < -0.39 is 76.7 Å². The van der Waals surface area contributed by atoms with Crippen LogP contribution < -0.4 is 0 Å². The Bertz CT molecular complexity index is 1410. The Labute approximate surface area is 358 Å². The van der Waals surface area contributed by atoms with Crippen LogP contribution in [-0.4, -0.2) is 99.3 Å². The van der Waals surface area contributed by atoms with Gasteiger partial charge in [0, 0.05) is 12.8 Å². The predicted octanol–water partition coefficient (Wildman–Crippen LogP) is 7.91. The van der Waals surface area contributed by atoms with Crippen molar-refractivity contribution >= 4 is 19.8 Å². The van der Waals surface area contributed by atoms with Gasteiger partial charge in [-0.2, -0.15) is 0 Å². The smallest absolute Gasteiger partial charge is 0.462 e. The van der Waals surface area contributed by atoms with Gasteiger partial charge in [0.05, 0.1) is 38.1 Å². The van der Waals surface area contributed by atoms with Crippen molar-refractivity contribution in [2.75, 3.05) is 26.4 Å². The summed E-state index contributed by atoms with van der Waals surface area (Å²) in [6.45, 7) is 1.67. The first-order chi connectivity index (χ1) is 28.9. The van der Waals surface area contributed by atoms with E-state index in [2.05, 4.69) is 47.9 Å². The molecule has 0 fully saturated rings. The molecule has 6 N–H and O–H groups in total. The van der Waals surface area contributed by atoms with Gasteiger partial charge in [-0.05, 0) is 70.6 Å². The van der Waals surface area contributed by atoms with Crippen LogP contribution in [0.4, 0.5) is 0 Å². The quantitative estimate of drug-likeness (QED) is 0.0116. The number of phosphoric acid groups is 1. The molecule has 0 heterocycles. The van der Waals surface area contributed by atoms with Gasteiger partial charge in [0.1, 0.15) is 12.7 Å². The summed E-state index contributed by atoms with van der Waals surface area (Å²) in [7, 11) is -4.72. The molecular formula is C46H73O13P. The summed E-state index contributed by atoms with van der Waals surface area (Å²) >= 11 is 0. The Morgan fingerprint density at radius 1 is 0.633 bits per heavy atom. The van der Waals surface area contributed by atoms with Crippen LogP contribution in [0.1, 0.15) is 110 Å². The van der Waals surface area contributed by atoms with E-state index in [-0.39, 0.29) is 25.7 Å². The number of carbonyl (C=O) groups is 2. The van der Waals surface area contributed by atoms with Crippen molar-refractivity contribution in [1.29, 1.82) is 0 Å². The summed E-state index contributed by atoms with van der Waals surface area (Å²) in [6, 6.07) is 0. The number of phosphoric ester groups is 1. The molecule has 1 unspecified atom stereocenters. The molecule has 0 aromatic rings. The van der Waals surface area contributed by atoms with Crippen LogP contribution in [-0.2, 0) is 32.7 Å². The molecule has 0 saturated carbocycles. The highest BCUT2D eigenvalue weighted by atomic mass is 31.2. The van der Waals surface area contributed by atoms with Gasteiger partial charge < -0.3 is 39.9 Å². The van der Waals surface area contributed by atoms with E-state index in [1.54, 1.807) is 42.5 Å². The molecule has 0 aliphatic carbocycles. The average Bonchev–Trinajstić information content (AvgIpc) is 3.22. The van der Waals surface area contributed by atoms with Crippen molar-refractivity contribution in [3.63, 3.8) is 0 Å². The van der Waals surface area contributed by atoms with E-state index in [0.29, 0.717) is 19.3 Å². The van der Waals surface area contributed by atoms with E-state index in [1.807, 2.05) is 31.2 Å². The van der Waals surface area contributed by atoms with Crippen molar-refractivity contribution in [2.45, 2.75) is 141 Å². The fourth-order valence-electron chi connectivity index (χ4n) is 4.85. The van der Waals surface area contributed by atoms with Gasteiger partial charge in [-0.3, -0.25) is 18.6 Å². The lowest BCUT2D eigenvalue weighted by molar-refractivity contribution is -0.161. The van der Waals surface area contributed by atoms with Crippen LogP contribution in [0.2, 0.25) is 0 Å². The molecule has 0 spiro atoms. The van der Waals surface area contributed by atoms with Gasteiger partial charge in [0.25, 0.3) is 0 Å². The molecule has 0 saturated heterocycles. The van der Waals surface area contributed by atoms with Gasteiger partial charge in [-0.1, -0.05) is 136 Å². The van der Waals surface area contributed by atoms with Gasteiger partial charge in [-0.25, -0.2) is 4.57 Å². The Morgan fingerprint density at radius 2 is 1.20 bits per heavy atom. The number of aliphatic hydroxyl groups is 5. The summed E-state index contributed by atoms with van der Waals surface area (Å²) in [5, 5.41) is 48.7. The highest BCUT2D eigenvalue weighted by Crippen LogP contribution is 2.43. The van der Waals surface area contributed by atoms with E-state index in [0.717, 1.165) is 32.1 Å². The molecule has 0 aliphatic rings. The molecule has 0 aromatic heterocycles. The van der Waals surface area contributed by atoms with Crippen LogP contribution in [0.15, 0.2) is 109 Å². The Morgan fingerprint density at radius 3 is 1.82 bits per heavy atom. The molecule has 0 aromatic carbocycles. The highest BCUT2D eigenvalue weighted by Gasteiger charge is 2.27. The maximum atomic E-state index is 12.6. The normalized spacial score (nSPS) is 16.5. The average molecular weight is 865 g/mol. The minimum atomic E-state index is -4.72. The van der Waals surface area contributed by atoms with Crippen LogP contribution in [0, 0.1) is 0 Å². The molecular weight excluding hydrogens is 791 g/mol. The number of ether oxygens (including phenoxy) is 2. The molecule has 6 atom stereocenters. The highest BCUT2D eigenvalue weighted by molar-refractivity contribution is 7.47. The van der Waals surface area contributed by atoms with Crippen LogP contribution in [0.5, 0.6) is 0 Å². The van der Waals surface area contributed by atoms with E-state index in [9.17, 15) is 39.5 Å². The van der Waals surface area contributed by atoms with Gasteiger partial charge in [0.2, 0.25) is 0 Å². The lowest BCUT2D eigenvalue weighted by Gasteiger charge is -2.20. The Balaban J connectivity index is 4.76. The largest absolute Gasteiger partial charge is 0.472 e. The third kappa shape index (κ3) is 37.5. The predicted molar refractivity (Wildman–Crippen MR) is 237 cm³/mol. The summed E-state index contributed by atoms with van der Waals surface area (Å²) < 4.78 is 32.4. The molecule has 13 nitrogen and oxygen atoms in total. The zero-order valence-corrected chi connectivity index (χ0v) is 36.6. The standard InChI is InChI=1S/C46H73O13P/c1-3-5-7-8-9-10-11-12-13-14-15-16-17-18-19-24-28-34-46(53)59-42(39-58-60(54,55)57-37-41(49)36-47)38-56-45(52)35-29-33-44(51)43(50)32-27-23-21-20-22-26-31-40(48)30-25-6-4-2/h6,9-10,12-13,15-16,18-23,25-27,31-32,40-44,47-51H,3-5,7-8,11,14,17,24,28-30,33-39H2,1-2H3,(H,54,55)/b10-9-,13-12-,16-15-,19-18-,22-20+,23-21-,25-6-,31-26+,32-27-/t40-,41+,42-,43+,44+/m1/s1. The number of allylic oxidation sites excluding steroid dienone is 15. The Kier molecular flexibility index (Phi) is 37.3. The number of aliphatic hydroxyl groups excluding tert-OH is 5. The van der Waals surface area contributed by atoms with Crippen LogP contribution in [0.25, 0.3) is 0 Å². The SMILES string of the molecule is CC/C=C\C[C@@H](O)/C=C/C=C/C=C\C=C/[C@H](O)[C@@H](O)CCCC(=O)OC[C@H](COP(=O)(O)OC[C@@H](O)CO)OC(=O)CCC/C=C\C/C=C\C/C=C\C/C=C\CCCCC. The Hall–Kier alpha value is -3.49. The van der Waals surface area contributed by atoms with Crippen LogP contribution in [0.3, 0.4) is 0 Å². The number of esters is 2. The number of hydrogen-bond acceptors (Lipinski definition) is 12. The van der Waals surface area contributed by atoms with Crippen molar-refractivity contribution in [3.05, 3.63) is 109 Å². The molecule has 0 aliphatic heterocycles. The van der Waals surface area contributed by atoms with E-state index in [1.165, 1.54) is 25.3 Å². The van der Waals surface area contributed by atoms with Gasteiger partial charge in [0.15, 0.2) is 6.10 Å². The molecule has 340 valence electrons. The second-order valence-electron chi connectivity index (χ2n) is 13.8. The lowest BCUT2D eigenvalue weighted by atomic mass is 10.1. The van der Waals surface area contributed by atoms with Gasteiger partial charge >= 0.3 is 19.8 Å². The first-order valence-electron chi connectivity index (χ1n) is 21.2. The maximum Gasteiger partial charge on any atom is 0.472 e. The van der Waals surface area contributed by atoms with Crippen molar-refractivity contribution in [1.82, 2.24) is 0 Å². The maximum absolute atomic E-state index is 12.6. The molecule has 0 radical (unpaired) electrons. The zero-order chi connectivity index (χ0) is 44.5. The summed E-state index contributed by atoms with van der Waals surface area (Å²) in [5.41, 5.74) is 0. The van der Waals surface area contributed by atoms with E-state index >= 15 is 0 Å². The fraction of sp³-hybridized carbons (Fsp3) is 0.565. The van der Waals surface area contributed by atoms with Crippen LogP contribution >= 0.6 is 7.82 Å². The fourth-order valence-corrected chi connectivity index (χ4v) is 5.64. The molecule has 0 bridgehead atoms. The lowest BCUT2D eigenvalue weighted by Crippen LogP contribution is -2.30. The summed E-state index contributed by atoms with van der Waals surface area (Å²) in [5.74, 6) is -1.34. The second kappa shape index (κ2) is 39.6. The molecule has 14 heteroatoms. The number of rotatable bonds is 37. The number of carbonyl (C=O) groups excluding carboxylic acids is 2. The monoisotopic (exact) mass is 864 g/mol. The van der Waals surface area contributed by atoms with E-state index in [4.69, 9.17) is 19.1 Å². The molecule has 0 rings (SSSR count). The third-order valence-electron chi connectivity index (χ3n) is 8.25. The summed E-state index contributed by atoms with van der Waals surface area (Å²) in [6.07, 6.45) is 38.6. The first kappa shape index (κ1) is 56.5. The third-order valence-corrected chi connectivity index (χ3v) is 9.20. The van der Waals surface area contributed by atoms with Crippen molar-refractivity contribution < 1.29 is 63.1 Å². The van der Waals surface area contributed by atoms with Crippen molar-refractivity contribution in [3.8, 4) is 0 Å². The second-order valence-corrected chi connectivity index (χ2v) is 15.3. The molecule has 60 heavy (non-hydrogen) atoms. The number of hydrogen-bond donors (Lipinski definition) is 6. The molecule has 0 amide bonds. The minimum Gasteiger partial charge on any atom is -0.462 e. The number of unbranched alkanes of at least 4 members (excludes halogenated alkanes) is 4.